The summed E-state index contributed by atoms with van der Waals surface area (Å²) in [5.41, 5.74) is 2.19. The van der Waals surface area contributed by atoms with Crippen LogP contribution in [0, 0.1) is 0 Å². The van der Waals surface area contributed by atoms with E-state index in [0.29, 0.717) is 46.4 Å². The number of aromatic nitrogens is 5. The van der Waals surface area contributed by atoms with Crippen LogP contribution in [0.3, 0.4) is 0 Å². The van der Waals surface area contributed by atoms with Gasteiger partial charge in [-0.2, -0.15) is 4.68 Å². The first-order chi connectivity index (χ1) is 25.3. The van der Waals surface area contributed by atoms with Gasteiger partial charge in [0.05, 0.1) is 22.9 Å². The summed E-state index contributed by atoms with van der Waals surface area (Å²) >= 11 is 6.14. The number of hydrogen-bond acceptors (Lipinski definition) is 10. The Morgan fingerprint density at radius 3 is 2.34 bits per heavy atom. The van der Waals surface area contributed by atoms with E-state index in [4.69, 9.17) is 11.6 Å². The molecule has 1 fully saturated rings. The number of hydrogen-bond donors (Lipinski definition) is 7. The first-order valence-electron chi connectivity index (χ1n) is 16.0. The highest BCUT2D eigenvalue weighted by Crippen LogP contribution is 2.24. The molecule has 1 aliphatic heterocycles. The molecule has 53 heavy (non-hydrogen) atoms. The van der Waals surface area contributed by atoms with Gasteiger partial charge < -0.3 is 36.7 Å². The van der Waals surface area contributed by atoms with Crippen molar-refractivity contribution in [1.82, 2.24) is 35.8 Å². The normalized spacial score (nSPS) is 14.5. The molecular weight excluding hydrogens is 732 g/mol. The quantitative estimate of drug-likeness (QED) is 0.102. The number of carboxylic acids is 1. The topological polar surface area (TPSA) is 259 Å². The fourth-order valence-electron chi connectivity index (χ4n) is 5.59. The molecule has 1 aliphatic rings. The molecule has 0 aliphatic carbocycles. The van der Waals surface area contributed by atoms with Gasteiger partial charge in [-0.3, -0.25) is 14.4 Å². The molecule has 6 rings (SSSR count). The highest BCUT2D eigenvalue weighted by Gasteiger charge is 2.27. The van der Waals surface area contributed by atoms with E-state index in [1.165, 1.54) is 29.2 Å². The van der Waals surface area contributed by atoms with E-state index >= 15 is 0 Å². The summed E-state index contributed by atoms with van der Waals surface area (Å²) < 4.78 is 24.6. The first kappa shape index (κ1) is 36.5. The summed E-state index contributed by atoms with van der Waals surface area (Å²) in [4.78, 5) is 66.8. The minimum Gasteiger partial charge on any atom is -0.477 e. The second-order valence-corrected chi connectivity index (χ2v) is 14.8. The van der Waals surface area contributed by atoms with Crippen LogP contribution in [0.25, 0.3) is 16.6 Å². The SMILES string of the molecule is O=C(Nc1ccc(C[C@H](NC(=O)C(=O)Nc2cc(Cl)ccc2-n2cnnn2)C(=O)Nc2ccc3[nH]c(C(=O)O)cc3c2)cc1)NC1CCS(=O)(=O)CC1. The number of carbonyl (C=O) groups excluding carboxylic acids is 4. The number of tetrazole rings is 1. The van der Waals surface area contributed by atoms with Gasteiger partial charge in [-0.25, -0.2) is 18.0 Å². The number of rotatable bonds is 10. The number of aromatic carboxylic acids is 1. The molecule has 20 heteroatoms. The maximum atomic E-state index is 13.7. The zero-order valence-electron chi connectivity index (χ0n) is 27.5. The Kier molecular flexibility index (Phi) is 10.7. The molecule has 1 atom stereocenters. The van der Waals surface area contributed by atoms with Crippen molar-refractivity contribution in [2.24, 2.45) is 0 Å². The van der Waals surface area contributed by atoms with Gasteiger partial charge in [-0.1, -0.05) is 23.7 Å². The lowest BCUT2D eigenvalue weighted by Crippen LogP contribution is -2.49. The first-order valence-corrected chi connectivity index (χ1v) is 18.2. The molecule has 0 unspecified atom stereocenters. The molecule has 5 aromatic rings. The van der Waals surface area contributed by atoms with E-state index < -0.39 is 45.6 Å². The molecule has 7 N–H and O–H groups in total. The van der Waals surface area contributed by atoms with Crippen molar-refractivity contribution >= 4 is 79.1 Å². The number of nitrogens with one attached hydrogen (secondary N) is 6. The number of fused-ring (bicyclic) bond motifs is 1. The Labute approximate surface area is 305 Å². The van der Waals surface area contributed by atoms with Crippen LogP contribution in [-0.2, 0) is 30.6 Å². The molecule has 0 bridgehead atoms. The number of carbonyl (C=O) groups is 5. The zero-order chi connectivity index (χ0) is 37.7. The Morgan fingerprint density at radius 1 is 0.906 bits per heavy atom. The number of nitrogens with zero attached hydrogens (tertiary/aromatic N) is 4. The summed E-state index contributed by atoms with van der Waals surface area (Å²) in [6.45, 7) is 0. The number of urea groups is 1. The molecule has 5 amide bonds. The molecule has 0 spiro atoms. The van der Waals surface area contributed by atoms with Gasteiger partial charge in [-0.05, 0) is 83.4 Å². The van der Waals surface area contributed by atoms with Gasteiger partial charge in [0, 0.05) is 39.8 Å². The Hall–Kier alpha value is -6.34. The molecule has 0 saturated carbocycles. The molecular formula is C33H31ClN10O8S. The van der Waals surface area contributed by atoms with E-state index in [1.807, 2.05) is 0 Å². The van der Waals surface area contributed by atoms with Crippen molar-refractivity contribution in [1.29, 1.82) is 0 Å². The lowest BCUT2D eigenvalue weighted by Gasteiger charge is -2.23. The Bertz CT molecular complexity index is 2300. The molecule has 3 aromatic carbocycles. The lowest BCUT2D eigenvalue weighted by atomic mass is 10.0. The van der Waals surface area contributed by atoms with Crippen LogP contribution in [0.5, 0.6) is 0 Å². The highest BCUT2D eigenvalue weighted by molar-refractivity contribution is 7.91. The number of H-pyrrole nitrogens is 1. The third-order valence-electron chi connectivity index (χ3n) is 8.29. The van der Waals surface area contributed by atoms with Crippen LogP contribution in [0.4, 0.5) is 21.9 Å². The predicted octanol–water partition coefficient (Wildman–Crippen LogP) is 2.50. The number of amides is 5. The fourth-order valence-corrected chi connectivity index (χ4v) is 7.26. The van der Waals surface area contributed by atoms with Crippen molar-refractivity contribution in [2.75, 3.05) is 27.5 Å². The van der Waals surface area contributed by atoms with Gasteiger partial charge in [0.25, 0.3) is 0 Å². The zero-order valence-corrected chi connectivity index (χ0v) is 29.1. The van der Waals surface area contributed by atoms with Crippen molar-refractivity contribution in [3.63, 3.8) is 0 Å². The van der Waals surface area contributed by atoms with Gasteiger partial charge in [0.15, 0.2) is 0 Å². The third kappa shape index (κ3) is 9.32. The number of anilines is 3. The number of halogens is 1. The molecule has 3 heterocycles. The number of carboxylic acid groups (broad SMARTS) is 1. The van der Waals surface area contributed by atoms with E-state index in [1.54, 1.807) is 48.5 Å². The van der Waals surface area contributed by atoms with Crippen LogP contribution < -0.4 is 26.6 Å². The van der Waals surface area contributed by atoms with Crippen molar-refractivity contribution < 1.29 is 37.5 Å². The summed E-state index contributed by atoms with van der Waals surface area (Å²) in [6, 6.07) is 14.9. The van der Waals surface area contributed by atoms with E-state index in [0.717, 1.165) is 0 Å². The van der Waals surface area contributed by atoms with Crippen LogP contribution in [0.1, 0.15) is 28.9 Å². The monoisotopic (exact) mass is 762 g/mol. The fraction of sp³-hybridized carbons (Fsp3) is 0.212. The van der Waals surface area contributed by atoms with Crippen LogP contribution in [-0.4, -0.2) is 92.0 Å². The maximum absolute atomic E-state index is 13.7. The lowest BCUT2D eigenvalue weighted by molar-refractivity contribution is -0.137. The molecule has 274 valence electrons. The summed E-state index contributed by atoms with van der Waals surface area (Å²) in [5, 5.41) is 34.2. The second kappa shape index (κ2) is 15.5. The van der Waals surface area contributed by atoms with Gasteiger partial charge in [0.1, 0.15) is 27.9 Å². The predicted molar refractivity (Wildman–Crippen MR) is 193 cm³/mol. The minimum absolute atomic E-state index is 0.00825. The van der Waals surface area contributed by atoms with E-state index in [2.05, 4.69) is 47.1 Å². The van der Waals surface area contributed by atoms with Crippen molar-refractivity contribution in [2.45, 2.75) is 31.3 Å². The smallest absolute Gasteiger partial charge is 0.352 e. The molecule has 0 radical (unpaired) electrons. The van der Waals surface area contributed by atoms with Crippen LogP contribution >= 0.6 is 11.6 Å². The summed E-state index contributed by atoms with van der Waals surface area (Å²) in [7, 11) is -3.08. The minimum atomic E-state index is -3.08. The number of sulfone groups is 1. The van der Waals surface area contributed by atoms with Crippen LogP contribution in [0.15, 0.2) is 73.1 Å². The van der Waals surface area contributed by atoms with Gasteiger partial charge in [-0.15, -0.1) is 5.10 Å². The standard InChI is InChI=1S/C33H31ClN10O8S/c34-20-3-8-28(44-17-35-42-43-44)25(16-20)40-30(46)31(47)41-26(29(45)36-23-6-7-24-19(14-23)15-27(39-24)32(48)49)13-18-1-4-21(5-2-18)37-33(50)38-22-9-11-53(51,52)12-10-22/h1-8,14-17,22,26,39H,9-13H2,(H,36,45)(H,40,46)(H,41,47)(H,48,49)(H2,37,38,50)/t26-/m0/s1. The maximum Gasteiger partial charge on any atom is 0.352 e. The van der Waals surface area contributed by atoms with Gasteiger partial charge in [0.2, 0.25) is 5.91 Å². The largest absolute Gasteiger partial charge is 0.477 e. The van der Waals surface area contributed by atoms with Crippen molar-refractivity contribution in [3.8, 4) is 5.69 Å². The molecule has 18 nitrogen and oxygen atoms in total. The Balaban J connectivity index is 1.16. The average Bonchev–Trinajstić information content (AvgIpc) is 3.81. The van der Waals surface area contributed by atoms with Crippen molar-refractivity contribution in [3.05, 3.63) is 89.3 Å². The third-order valence-corrected chi connectivity index (χ3v) is 10.2. The number of aromatic amines is 1. The molecule has 1 saturated heterocycles. The van der Waals surface area contributed by atoms with Crippen LogP contribution in [0.2, 0.25) is 5.02 Å². The van der Waals surface area contributed by atoms with E-state index in [9.17, 15) is 37.5 Å². The highest BCUT2D eigenvalue weighted by atomic mass is 35.5. The Morgan fingerprint density at radius 2 is 1.64 bits per heavy atom. The van der Waals surface area contributed by atoms with Gasteiger partial charge >= 0.3 is 23.8 Å². The number of benzene rings is 3. The summed E-state index contributed by atoms with van der Waals surface area (Å²) in [5.74, 6) is -4.09. The second-order valence-electron chi connectivity index (χ2n) is 12.1. The average molecular weight is 763 g/mol. The molecule has 2 aromatic heterocycles. The van der Waals surface area contributed by atoms with E-state index in [-0.39, 0.29) is 40.4 Å². The summed E-state index contributed by atoms with van der Waals surface area (Å²) in [6.07, 6.45) is 1.84.